The Balaban J connectivity index is 2.94. The van der Waals surface area contributed by atoms with Gasteiger partial charge in [-0.2, -0.15) is 0 Å². The topological polar surface area (TPSA) is 69.6 Å². The van der Waals surface area contributed by atoms with Crippen LogP contribution in [0.5, 0.6) is 0 Å². The van der Waals surface area contributed by atoms with E-state index in [0.29, 0.717) is 16.4 Å². The van der Waals surface area contributed by atoms with E-state index < -0.39 is 11.9 Å². The summed E-state index contributed by atoms with van der Waals surface area (Å²) in [6.45, 7) is 0. The number of carbonyl (C=O) groups excluding carboxylic acids is 1. The second-order valence-corrected chi connectivity index (χ2v) is 4.10. The molecular formula is C12H13ClN2O3. The first-order valence-corrected chi connectivity index (χ1v) is 5.47. The average molecular weight is 269 g/mol. The minimum Gasteiger partial charge on any atom is -0.478 e. The molecule has 0 aliphatic carbocycles. The van der Waals surface area contributed by atoms with Crippen molar-refractivity contribution in [1.29, 1.82) is 0 Å². The van der Waals surface area contributed by atoms with Crippen LogP contribution in [0.1, 0.15) is 0 Å². The van der Waals surface area contributed by atoms with Crippen molar-refractivity contribution in [2.24, 2.45) is 0 Å². The SMILES string of the molecule is CN(C)c1c(Cl)cccc1NC(=O)/C=C/C(=O)O. The van der Waals surface area contributed by atoms with Crippen LogP contribution in [0.25, 0.3) is 0 Å². The number of carboxylic acid groups (broad SMARTS) is 1. The third-order valence-corrected chi connectivity index (χ3v) is 2.37. The first-order chi connectivity index (χ1) is 8.41. The molecule has 2 N–H and O–H groups in total. The number of anilines is 2. The molecule has 1 aromatic rings. The van der Waals surface area contributed by atoms with Gasteiger partial charge in [-0.1, -0.05) is 17.7 Å². The fraction of sp³-hybridized carbons (Fsp3) is 0.167. The van der Waals surface area contributed by atoms with Crippen molar-refractivity contribution in [1.82, 2.24) is 0 Å². The third-order valence-electron chi connectivity index (χ3n) is 2.07. The molecule has 0 saturated carbocycles. The highest BCUT2D eigenvalue weighted by molar-refractivity contribution is 6.34. The second-order valence-electron chi connectivity index (χ2n) is 3.69. The molecule has 0 fully saturated rings. The Morgan fingerprint density at radius 1 is 1.33 bits per heavy atom. The number of carboxylic acids is 1. The Morgan fingerprint density at radius 2 is 2.00 bits per heavy atom. The lowest BCUT2D eigenvalue weighted by atomic mass is 10.2. The quantitative estimate of drug-likeness (QED) is 0.820. The Labute approximate surface area is 110 Å². The van der Waals surface area contributed by atoms with E-state index in [1.807, 2.05) is 0 Å². The van der Waals surface area contributed by atoms with Crippen LogP contribution in [-0.2, 0) is 9.59 Å². The third kappa shape index (κ3) is 3.78. The van der Waals surface area contributed by atoms with E-state index in [1.165, 1.54) is 0 Å². The molecule has 0 aliphatic rings. The molecule has 0 radical (unpaired) electrons. The smallest absolute Gasteiger partial charge is 0.328 e. The van der Waals surface area contributed by atoms with Gasteiger partial charge in [0.05, 0.1) is 16.4 Å². The highest BCUT2D eigenvalue weighted by Crippen LogP contribution is 2.32. The van der Waals surface area contributed by atoms with Gasteiger partial charge in [0.1, 0.15) is 0 Å². The molecule has 1 amide bonds. The van der Waals surface area contributed by atoms with Gasteiger partial charge in [-0.3, -0.25) is 4.79 Å². The lowest BCUT2D eigenvalue weighted by molar-refractivity contribution is -0.131. The van der Waals surface area contributed by atoms with Gasteiger partial charge in [0, 0.05) is 26.2 Å². The summed E-state index contributed by atoms with van der Waals surface area (Å²) in [5, 5.41) is 11.5. The van der Waals surface area contributed by atoms with Crippen LogP contribution < -0.4 is 10.2 Å². The summed E-state index contributed by atoms with van der Waals surface area (Å²) in [6.07, 6.45) is 1.72. The monoisotopic (exact) mass is 268 g/mol. The van der Waals surface area contributed by atoms with E-state index in [2.05, 4.69) is 5.32 Å². The van der Waals surface area contributed by atoms with E-state index in [4.69, 9.17) is 16.7 Å². The van der Waals surface area contributed by atoms with Crippen LogP contribution in [-0.4, -0.2) is 31.1 Å². The maximum atomic E-state index is 11.5. The summed E-state index contributed by atoms with van der Waals surface area (Å²) in [4.78, 5) is 23.5. The van der Waals surface area contributed by atoms with Gasteiger partial charge in [0.2, 0.25) is 5.91 Å². The number of nitrogens with zero attached hydrogens (tertiary/aromatic N) is 1. The maximum Gasteiger partial charge on any atom is 0.328 e. The van der Waals surface area contributed by atoms with Crippen LogP contribution in [0.15, 0.2) is 30.4 Å². The zero-order valence-electron chi connectivity index (χ0n) is 9.98. The molecule has 1 aromatic carbocycles. The van der Waals surface area contributed by atoms with Crippen LogP contribution in [0.2, 0.25) is 5.02 Å². The normalized spacial score (nSPS) is 10.4. The molecule has 0 heterocycles. The number of aliphatic carboxylic acids is 1. The van der Waals surface area contributed by atoms with E-state index in [0.717, 1.165) is 12.2 Å². The number of nitrogens with one attached hydrogen (secondary N) is 1. The van der Waals surface area contributed by atoms with E-state index >= 15 is 0 Å². The number of benzene rings is 1. The molecule has 0 atom stereocenters. The number of hydrogen-bond acceptors (Lipinski definition) is 3. The zero-order chi connectivity index (χ0) is 13.7. The highest BCUT2D eigenvalue weighted by atomic mass is 35.5. The van der Waals surface area contributed by atoms with Gasteiger partial charge in [0.25, 0.3) is 0 Å². The lowest BCUT2D eigenvalue weighted by Crippen LogP contribution is -2.15. The van der Waals surface area contributed by atoms with Gasteiger partial charge in [-0.15, -0.1) is 0 Å². The standard InChI is InChI=1S/C12H13ClN2O3/c1-15(2)12-8(13)4-3-5-9(12)14-10(16)6-7-11(17)18/h3-7H,1-2H3,(H,14,16)(H,17,18)/b7-6+. The minimum atomic E-state index is -1.18. The van der Waals surface area contributed by atoms with Crippen molar-refractivity contribution < 1.29 is 14.7 Å². The van der Waals surface area contributed by atoms with Crippen LogP contribution in [0.3, 0.4) is 0 Å². The lowest BCUT2D eigenvalue weighted by Gasteiger charge is -2.18. The molecule has 0 unspecified atom stereocenters. The van der Waals surface area contributed by atoms with Crippen molar-refractivity contribution in [3.05, 3.63) is 35.4 Å². The van der Waals surface area contributed by atoms with Crippen molar-refractivity contribution in [2.45, 2.75) is 0 Å². The van der Waals surface area contributed by atoms with Gasteiger partial charge in [0.15, 0.2) is 0 Å². The first kappa shape index (κ1) is 14.1. The molecule has 0 bridgehead atoms. The molecule has 1 rings (SSSR count). The fourth-order valence-corrected chi connectivity index (χ4v) is 1.74. The van der Waals surface area contributed by atoms with E-state index in [-0.39, 0.29) is 0 Å². The predicted octanol–water partition coefficient (Wildman–Crippen LogP) is 1.99. The number of rotatable bonds is 4. The predicted molar refractivity (Wildman–Crippen MR) is 71.2 cm³/mol. The van der Waals surface area contributed by atoms with Gasteiger partial charge < -0.3 is 15.3 Å². The minimum absolute atomic E-state index is 0.500. The molecular weight excluding hydrogens is 256 g/mol. The van der Waals surface area contributed by atoms with Crippen molar-refractivity contribution >= 4 is 34.9 Å². The molecule has 0 saturated heterocycles. The zero-order valence-corrected chi connectivity index (χ0v) is 10.7. The molecule has 0 aromatic heterocycles. The van der Waals surface area contributed by atoms with Crippen molar-refractivity contribution in [3.63, 3.8) is 0 Å². The van der Waals surface area contributed by atoms with Gasteiger partial charge >= 0.3 is 5.97 Å². The Morgan fingerprint density at radius 3 is 2.56 bits per heavy atom. The molecule has 0 aliphatic heterocycles. The van der Waals surface area contributed by atoms with Crippen molar-refractivity contribution in [2.75, 3.05) is 24.3 Å². The summed E-state index contributed by atoms with van der Waals surface area (Å²) >= 11 is 6.03. The Hall–Kier alpha value is -2.01. The summed E-state index contributed by atoms with van der Waals surface area (Å²) in [7, 11) is 3.59. The number of halogens is 1. The van der Waals surface area contributed by atoms with Crippen LogP contribution in [0, 0.1) is 0 Å². The highest BCUT2D eigenvalue weighted by Gasteiger charge is 2.10. The van der Waals surface area contributed by atoms with Crippen LogP contribution >= 0.6 is 11.6 Å². The Bertz CT molecular complexity index is 498. The number of hydrogen-bond donors (Lipinski definition) is 2. The average Bonchev–Trinajstić information content (AvgIpc) is 2.26. The van der Waals surface area contributed by atoms with Gasteiger partial charge in [-0.05, 0) is 12.1 Å². The number of para-hydroxylation sites is 1. The molecule has 0 spiro atoms. The number of amides is 1. The summed E-state index contributed by atoms with van der Waals surface area (Å²) < 4.78 is 0. The van der Waals surface area contributed by atoms with Gasteiger partial charge in [-0.25, -0.2) is 4.79 Å². The molecule has 18 heavy (non-hydrogen) atoms. The van der Waals surface area contributed by atoms with Crippen molar-refractivity contribution in [3.8, 4) is 0 Å². The fourth-order valence-electron chi connectivity index (χ4n) is 1.39. The summed E-state index contributed by atoms with van der Waals surface area (Å²) in [6, 6.07) is 5.10. The summed E-state index contributed by atoms with van der Waals surface area (Å²) in [5.74, 6) is -1.70. The second kappa shape index (κ2) is 6.07. The molecule has 6 heteroatoms. The largest absolute Gasteiger partial charge is 0.478 e. The summed E-state index contributed by atoms with van der Waals surface area (Å²) in [5.41, 5.74) is 1.18. The first-order valence-electron chi connectivity index (χ1n) is 5.09. The van der Waals surface area contributed by atoms with Crippen LogP contribution in [0.4, 0.5) is 11.4 Å². The molecule has 96 valence electrons. The maximum absolute atomic E-state index is 11.5. The number of carbonyl (C=O) groups is 2. The van der Waals surface area contributed by atoms with E-state index in [9.17, 15) is 9.59 Å². The van der Waals surface area contributed by atoms with E-state index in [1.54, 1.807) is 37.2 Å². The Kier molecular flexibility index (Phi) is 4.74. The molecule has 5 nitrogen and oxygen atoms in total.